The molecule has 3 nitrogen and oxygen atoms in total. The molecule has 0 bridgehead atoms. The molecule has 0 amide bonds. The van der Waals surface area contributed by atoms with Gasteiger partial charge in [-0.15, -0.1) is 0 Å². The number of hydrogen-bond acceptors (Lipinski definition) is 2. The second kappa shape index (κ2) is 3.66. The molecule has 0 aromatic heterocycles. The molecule has 1 rings (SSSR count). The Hall–Kier alpha value is -0.570. The molecule has 0 aliphatic heterocycles. The first kappa shape index (κ1) is 10.5. The second-order valence-electron chi connectivity index (χ2n) is 4.46. The van der Waals surface area contributed by atoms with Crippen LogP contribution in [0.1, 0.15) is 39.5 Å². The van der Waals surface area contributed by atoms with Crippen molar-refractivity contribution >= 4 is 5.97 Å². The first-order chi connectivity index (χ1) is 5.96. The van der Waals surface area contributed by atoms with Gasteiger partial charge in [0, 0.05) is 5.54 Å². The zero-order valence-corrected chi connectivity index (χ0v) is 8.42. The minimum Gasteiger partial charge on any atom is -0.481 e. The maximum atomic E-state index is 10.6. The molecule has 1 saturated carbocycles. The number of nitrogens with two attached hydrogens (primary N) is 1. The molecule has 1 aliphatic rings. The standard InChI is InChI=1S/C10H19NO2/c1-7-4-3-5-10(11,8(7)2)6-9(12)13/h7-8H,3-6,11H2,1-2H3,(H,12,13). The maximum Gasteiger partial charge on any atom is 0.305 e. The minimum absolute atomic E-state index is 0.110. The molecule has 3 heteroatoms. The fourth-order valence-electron chi connectivity index (χ4n) is 2.33. The summed E-state index contributed by atoms with van der Waals surface area (Å²) in [6, 6.07) is 0. The van der Waals surface area contributed by atoms with Crippen LogP contribution in [0.25, 0.3) is 0 Å². The van der Waals surface area contributed by atoms with Gasteiger partial charge in [0.2, 0.25) is 0 Å². The Labute approximate surface area is 79.3 Å². The van der Waals surface area contributed by atoms with Gasteiger partial charge in [0.25, 0.3) is 0 Å². The lowest BCUT2D eigenvalue weighted by Gasteiger charge is -2.42. The van der Waals surface area contributed by atoms with Gasteiger partial charge in [-0.25, -0.2) is 0 Å². The van der Waals surface area contributed by atoms with Gasteiger partial charge in [-0.2, -0.15) is 0 Å². The third-order valence-electron chi connectivity index (χ3n) is 3.54. The van der Waals surface area contributed by atoms with Crippen molar-refractivity contribution in [1.29, 1.82) is 0 Å². The van der Waals surface area contributed by atoms with Gasteiger partial charge in [-0.1, -0.05) is 26.7 Å². The fourth-order valence-corrected chi connectivity index (χ4v) is 2.33. The highest BCUT2D eigenvalue weighted by Crippen LogP contribution is 2.37. The van der Waals surface area contributed by atoms with Crippen molar-refractivity contribution in [2.24, 2.45) is 17.6 Å². The van der Waals surface area contributed by atoms with Crippen LogP contribution < -0.4 is 5.73 Å². The third kappa shape index (κ3) is 2.21. The largest absolute Gasteiger partial charge is 0.481 e. The zero-order chi connectivity index (χ0) is 10.1. The number of hydrogen-bond donors (Lipinski definition) is 2. The lowest BCUT2D eigenvalue weighted by Crippen LogP contribution is -2.52. The molecule has 3 unspecified atom stereocenters. The molecule has 0 radical (unpaired) electrons. The molecule has 3 N–H and O–H groups in total. The van der Waals surface area contributed by atoms with E-state index in [1.165, 1.54) is 6.42 Å². The van der Waals surface area contributed by atoms with Crippen molar-refractivity contribution in [3.63, 3.8) is 0 Å². The van der Waals surface area contributed by atoms with E-state index in [0.717, 1.165) is 12.8 Å². The highest BCUT2D eigenvalue weighted by atomic mass is 16.4. The van der Waals surface area contributed by atoms with Crippen LogP contribution in [0.3, 0.4) is 0 Å². The molecule has 3 atom stereocenters. The Morgan fingerprint density at radius 1 is 1.62 bits per heavy atom. The van der Waals surface area contributed by atoms with Crippen LogP contribution in [0.4, 0.5) is 0 Å². The van der Waals surface area contributed by atoms with Gasteiger partial charge in [0.15, 0.2) is 0 Å². The van der Waals surface area contributed by atoms with Crippen molar-refractivity contribution in [1.82, 2.24) is 0 Å². The number of aliphatic carboxylic acids is 1. The van der Waals surface area contributed by atoms with E-state index in [0.29, 0.717) is 11.8 Å². The van der Waals surface area contributed by atoms with Crippen LogP contribution in [0, 0.1) is 11.8 Å². The first-order valence-electron chi connectivity index (χ1n) is 4.96. The summed E-state index contributed by atoms with van der Waals surface area (Å²) in [5.74, 6) is 0.0962. The van der Waals surface area contributed by atoms with E-state index in [9.17, 15) is 4.79 Å². The van der Waals surface area contributed by atoms with Crippen molar-refractivity contribution in [3.05, 3.63) is 0 Å². The van der Waals surface area contributed by atoms with Gasteiger partial charge in [0.05, 0.1) is 6.42 Å². The van der Waals surface area contributed by atoms with Gasteiger partial charge < -0.3 is 10.8 Å². The normalized spacial score (nSPS) is 40.2. The minimum atomic E-state index is -0.775. The lowest BCUT2D eigenvalue weighted by molar-refractivity contribution is -0.139. The Balaban J connectivity index is 2.69. The molecule has 0 aromatic rings. The van der Waals surface area contributed by atoms with Gasteiger partial charge >= 0.3 is 5.97 Å². The summed E-state index contributed by atoms with van der Waals surface area (Å²) in [7, 11) is 0. The van der Waals surface area contributed by atoms with E-state index in [1.807, 2.05) is 0 Å². The quantitative estimate of drug-likeness (QED) is 0.687. The number of carboxylic acids is 1. The summed E-state index contributed by atoms with van der Waals surface area (Å²) < 4.78 is 0. The highest BCUT2D eigenvalue weighted by molar-refractivity contribution is 5.68. The van der Waals surface area contributed by atoms with E-state index in [1.54, 1.807) is 0 Å². The molecule has 13 heavy (non-hydrogen) atoms. The van der Waals surface area contributed by atoms with E-state index < -0.39 is 11.5 Å². The molecule has 1 aliphatic carbocycles. The molecule has 0 saturated heterocycles. The molecular formula is C10H19NO2. The van der Waals surface area contributed by atoms with E-state index in [4.69, 9.17) is 10.8 Å². The van der Waals surface area contributed by atoms with Crippen molar-refractivity contribution in [2.75, 3.05) is 0 Å². The summed E-state index contributed by atoms with van der Waals surface area (Å²) >= 11 is 0. The van der Waals surface area contributed by atoms with Crippen LogP contribution >= 0.6 is 0 Å². The predicted octanol–water partition coefficient (Wildman–Crippen LogP) is 1.61. The number of rotatable bonds is 2. The van der Waals surface area contributed by atoms with Crippen LogP contribution in [0.5, 0.6) is 0 Å². The number of carboxylic acid groups (broad SMARTS) is 1. The average Bonchev–Trinajstić information content (AvgIpc) is 1.99. The van der Waals surface area contributed by atoms with Crippen LogP contribution in [-0.4, -0.2) is 16.6 Å². The highest BCUT2D eigenvalue weighted by Gasteiger charge is 2.39. The molecular weight excluding hydrogens is 166 g/mol. The summed E-state index contributed by atoms with van der Waals surface area (Å²) in [5.41, 5.74) is 5.64. The monoisotopic (exact) mass is 185 g/mol. The second-order valence-corrected chi connectivity index (χ2v) is 4.46. The lowest BCUT2D eigenvalue weighted by atomic mass is 9.67. The Bertz CT molecular complexity index is 205. The molecule has 76 valence electrons. The van der Waals surface area contributed by atoms with Crippen LogP contribution in [0.2, 0.25) is 0 Å². The predicted molar refractivity (Wildman–Crippen MR) is 51.4 cm³/mol. The van der Waals surface area contributed by atoms with Gasteiger partial charge in [-0.05, 0) is 18.3 Å². The average molecular weight is 185 g/mol. The summed E-state index contributed by atoms with van der Waals surface area (Å²) in [6.07, 6.45) is 3.21. The fraction of sp³-hybridized carbons (Fsp3) is 0.900. The van der Waals surface area contributed by atoms with Crippen LogP contribution in [-0.2, 0) is 4.79 Å². The summed E-state index contributed by atoms with van der Waals surface area (Å²) in [6.45, 7) is 4.24. The molecule has 1 fully saturated rings. The first-order valence-corrected chi connectivity index (χ1v) is 4.96. The van der Waals surface area contributed by atoms with Crippen molar-refractivity contribution < 1.29 is 9.90 Å². The van der Waals surface area contributed by atoms with Gasteiger partial charge in [0.1, 0.15) is 0 Å². The molecule has 0 aromatic carbocycles. The van der Waals surface area contributed by atoms with Crippen molar-refractivity contribution in [3.8, 4) is 0 Å². The topological polar surface area (TPSA) is 63.3 Å². The van der Waals surface area contributed by atoms with E-state index >= 15 is 0 Å². The Kier molecular flexibility index (Phi) is 2.96. The Morgan fingerprint density at radius 2 is 2.23 bits per heavy atom. The maximum absolute atomic E-state index is 10.6. The SMILES string of the molecule is CC1CCCC(N)(CC(=O)O)C1C. The third-order valence-corrected chi connectivity index (χ3v) is 3.54. The Morgan fingerprint density at radius 3 is 2.77 bits per heavy atom. The number of carbonyl (C=O) groups is 1. The van der Waals surface area contributed by atoms with E-state index in [-0.39, 0.29) is 6.42 Å². The van der Waals surface area contributed by atoms with Crippen molar-refractivity contribution in [2.45, 2.75) is 45.1 Å². The smallest absolute Gasteiger partial charge is 0.305 e. The van der Waals surface area contributed by atoms with E-state index in [2.05, 4.69) is 13.8 Å². The van der Waals surface area contributed by atoms with Gasteiger partial charge in [-0.3, -0.25) is 4.79 Å². The summed E-state index contributed by atoms with van der Waals surface area (Å²) in [4.78, 5) is 10.6. The zero-order valence-electron chi connectivity index (χ0n) is 8.42. The molecule has 0 heterocycles. The van der Waals surface area contributed by atoms with Crippen LogP contribution in [0.15, 0.2) is 0 Å². The molecule has 0 spiro atoms. The summed E-state index contributed by atoms with van der Waals surface area (Å²) in [5, 5.41) is 8.75.